The van der Waals surface area contributed by atoms with Gasteiger partial charge in [0.2, 0.25) is 0 Å². The number of amides is 1. The molecule has 0 spiro atoms. The topological polar surface area (TPSA) is 98.4 Å². The van der Waals surface area contributed by atoms with Crippen molar-refractivity contribution in [2.75, 3.05) is 7.11 Å². The average molecular weight is 415 g/mol. The van der Waals surface area contributed by atoms with Gasteiger partial charge in [-0.1, -0.05) is 31.4 Å². The van der Waals surface area contributed by atoms with Crippen LogP contribution in [-0.2, 0) is 24.3 Å². The second-order valence-electron chi connectivity index (χ2n) is 8.45. The smallest absolute Gasteiger partial charge is 0.346 e. The monoisotopic (exact) mass is 414 g/mol. The Bertz CT molecular complexity index is 958. The van der Waals surface area contributed by atoms with Crippen molar-refractivity contribution >= 4 is 5.91 Å². The molecule has 2 heterocycles. The first-order chi connectivity index (χ1) is 14.5. The van der Waals surface area contributed by atoms with Crippen LogP contribution in [0.3, 0.4) is 0 Å². The molecule has 1 aromatic heterocycles. The van der Waals surface area contributed by atoms with E-state index in [4.69, 9.17) is 4.74 Å². The van der Waals surface area contributed by atoms with Crippen LogP contribution in [0.25, 0.3) is 0 Å². The molecule has 162 valence electrons. The Hall–Kier alpha value is -2.61. The molecule has 1 atom stereocenters. The summed E-state index contributed by atoms with van der Waals surface area (Å²) in [5.41, 5.74) is -0.414. The van der Waals surface area contributed by atoms with Crippen molar-refractivity contribution in [3.63, 3.8) is 0 Å². The molecule has 8 heteroatoms. The van der Waals surface area contributed by atoms with Gasteiger partial charge >= 0.3 is 5.69 Å². The highest BCUT2D eigenvalue weighted by Gasteiger charge is 2.38. The lowest BCUT2D eigenvalue weighted by atomic mass is 9.84. The van der Waals surface area contributed by atoms with Crippen molar-refractivity contribution in [3.8, 4) is 5.75 Å². The molecule has 0 bridgehead atoms. The third-order valence-electron chi connectivity index (χ3n) is 6.32. The Morgan fingerprint density at radius 2 is 2.10 bits per heavy atom. The van der Waals surface area contributed by atoms with Gasteiger partial charge in [-0.2, -0.15) is 5.10 Å². The molecular formula is C22H30N4O4. The maximum atomic E-state index is 12.9. The van der Waals surface area contributed by atoms with E-state index in [0.717, 1.165) is 36.4 Å². The molecule has 2 aliphatic rings. The lowest BCUT2D eigenvalue weighted by Crippen LogP contribution is -2.51. The SMILES string of the molecule is COc1cccc(Cn2nc3n(c2=O)CCC(NC(=O)C2(O)CCCCC2)CC3)c1. The fourth-order valence-corrected chi connectivity index (χ4v) is 4.50. The number of aliphatic hydroxyl groups is 1. The van der Waals surface area contributed by atoms with E-state index < -0.39 is 5.60 Å². The summed E-state index contributed by atoms with van der Waals surface area (Å²) in [5.74, 6) is 1.23. The second-order valence-corrected chi connectivity index (χ2v) is 8.45. The number of carbonyl (C=O) groups is 1. The predicted octanol–water partition coefficient (Wildman–Crippen LogP) is 1.62. The van der Waals surface area contributed by atoms with Crippen LogP contribution in [0.5, 0.6) is 5.75 Å². The second kappa shape index (κ2) is 8.63. The van der Waals surface area contributed by atoms with E-state index in [0.29, 0.717) is 45.2 Å². The Morgan fingerprint density at radius 1 is 1.30 bits per heavy atom. The minimum atomic E-state index is -1.23. The molecule has 1 aliphatic carbocycles. The molecule has 8 nitrogen and oxygen atoms in total. The van der Waals surface area contributed by atoms with Gasteiger partial charge in [0.1, 0.15) is 17.2 Å². The van der Waals surface area contributed by atoms with Crippen LogP contribution < -0.4 is 15.7 Å². The quantitative estimate of drug-likeness (QED) is 0.775. The molecule has 2 N–H and O–H groups in total. The summed E-state index contributed by atoms with van der Waals surface area (Å²) in [6, 6.07) is 7.55. The number of aryl methyl sites for hydroxylation is 1. The summed E-state index contributed by atoms with van der Waals surface area (Å²) in [5, 5.41) is 18.2. The number of fused-ring (bicyclic) bond motifs is 1. The number of aromatic nitrogens is 3. The van der Waals surface area contributed by atoms with Crippen molar-refractivity contribution in [2.45, 2.75) is 76.1 Å². The van der Waals surface area contributed by atoms with Crippen LogP contribution >= 0.6 is 0 Å². The molecule has 1 unspecified atom stereocenters. The lowest BCUT2D eigenvalue weighted by Gasteiger charge is -2.32. The maximum Gasteiger partial charge on any atom is 0.346 e. The number of benzene rings is 1. The molecule has 30 heavy (non-hydrogen) atoms. The molecule has 0 saturated heterocycles. The number of ether oxygens (including phenoxy) is 1. The zero-order valence-electron chi connectivity index (χ0n) is 17.5. The van der Waals surface area contributed by atoms with Gasteiger partial charge < -0.3 is 15.2 Å². The Balaban J connectivity index is 1.41. The van der Waals surface area contributed by atoms with Gasteiger partial charge in [-0.15, -0.1) is 0 Å². The third-order valence-corrected chi connectivity index (χ3v) is 6.32. The highest BCUT2D eigenvalue weighted by Crippen LogP contribution is 2.28. The lowest BCUT2D eigenvalue weighted by molar-refractivity contribution is -0.143. The molecule has 1 fully saturated rings. The Kier molecular flexibility index (Phi) is 5.94. The van der Waals surface area contributed by atoms with Gasteiger partial charge in [0.15, 0.2) is 0 Å². The summed E-state index contributed by atoms with van der Waals surface area (Å²) < 4.78 is 8.45. The van der Waals surface area contributed by atoms with Gasteiger partial charge in [-0.25, -0.2) is 9.48 Å². The maximum absolute atomic E-state index is 12.9. The first-order valence-electron chi connectivity index (χ1n) is 10.8. The number of methoxy groups -OCH3 is 1. The van der Waals surface area contributed by atoms with Crippen LogP contribution in [0.2, 0.25) is 0 Å². The number of rotatable bonds is 5. The van der Waals surface area contributed by atoms with E-state index >= 15 is 0 Å². The highest BCUT2D eigenvalue weighted by molar-refractivity contribution is 5.85. The summed E-state index contributed by atoms with van der Waals surface area (Å²) in [7, 11) is 1.62. The third kappa shape index (κ3) is 4.28. The van der Waals surface area contributed by atoms with Crippen LogP contribution in [0.4, 0.5) is 0 Å². The van der Waals surface area contributed by atoms with Gasteiger partial charge in [-0.05, 0) is 43.4 Å². The molecule has 1 aliphatic heterocycles. The van der Waals surface area contributed by atoms with Crippen LogP contribution in [0, 0.1) is 0 Å². The first-order valence-corrected chi connectivity index (χ1v) is 10.8. The van der Waals surface area contributed by atoms with E-state index in [2.05, 4.69) is 10.4 Å². The zero-order chi connectivity index (χ0) is 21.1. The van der Waals surface area contributed by atoms with Gasteiger partial charge in [-0.3, -0.25) is 9.36 Å². The van der Waals surface area contributed by atoms with Crippen molar-refractivity contribution in [1.82, 2.24) is 19.7 Å². The van der Waals surface area contributed by atoms with Gasteiger partial charge in [0.25, 0.3) is 5.91 Å². The number of carbonyl (C=O) groups excluding carboxylic acids is 1. The molecule has 0 radical (unpaired) electrons. The van der Waals surface area contributed by atoms with E-state index in [9.17, 15) is 14.7 Å². The summed E-state index contributed by atoms with van der Waals surface area (Å²) in [6.07, 6.45) is 5.88. The van der Waals surface area contributed by atoms with E-state index in [1.165, 1.54) is 4.68 Å². The number of nitrogens with zero attached hydrogens (tertiary/aromatic N) is 3. The molecule has 4 rings (SSSR count). The average Bonchev–Trinajstić information content (AvgIpc) is 2.91. The van der Waals surface area contributed by atoms with E-state index in [-0.39, 0.29) is 17.6 Å². The van der Waals surface area contributed by atoms with Crippen LogP contribution in [-0.4, -0.2) is 44.1 Å². The minimum Gasteiger partial charge on any atom is -0.497 e. The first kappa shape index (κ1) is 20.7. The zero-order valence-corrected chi connectivity index (χ0v) is 17.5. The number of nitrogens with one attached hydrogen (secondary N) is 1. The van der Waals surface area contributed by atoms with Crippen LogP contribution in [0.15, 0.2) is 29.1 Å². The fraction of sp³-hybridized carbons (Fsp3) is 0.591. The van der Waals surface area contributed by atoms with E-state index in [1.807, 2.05) is 24.3 Å². The summed E-state index contributed by atoms with van der Waals surface area (Å²) in [6.45, 7) is 0.902. The molecule has 1 aromatic carbocycles. The molecular weight excluding hydrogens is 384 g/mol. The highest BCUT2D eigenvalue weighted by atomic mass is 16.5. The molecule has 2 aromatic rings. The largest absolute Gasteiger partial charge is 0.497 e. The Labute approximate surface area is 175 Å². The molecule has 1 amide bonds. The van der Waals surface area contributed by atoms with Crippen LogP contribution in [0.1, 0.15) is 56.3 Å². The van der Waals surface area contributed by atoms with E-state index in [1.54, 1.807) is 11.7 Å². The van der Waals surface area contributed by atoms with Crippen molar-refractivity contribution in [1.29, 1.82) is 0 Å². The normalized spacial score (nSPS) is 20.8. The Morgan fingerprint density at radius 3 is 2.87 bits per heavy atom. The fourth-order valence-electron chi connectivity index (χ4n) is 4.50. The van der Waals surface area contributed by atoms with Gasteiger partial charge in [0, 0.05) is 19.0 Å². The minimum absolute atomic E-state index is 0.0589. The van der Waals surface area contributed by atoms with Gasteiger partial charge in [0.05, 0.1) is 13.7 Å². The summed E-state index contributed by atoms with van der Waals surface area (Å²) >= 11 is 0. The number of hydrogen-bond donors (Lipinski definition) is 2. The van der Waals surface area contributed by atoms with Crippen molar-refractivity contribution in [3.05, 3.63) is 46.1 Å². The van der Waals surface area contributed by atoms with Crippen molar-refractivity contribution in [2.24, 2.45) is 0 Å². The predicted molar refractivity (Wildman–Crippen MR) is 111 cm³/mol. The summed E-state index contributed by atoms with van der Waals surface area (Å²) in [4.78, 5) is 25.5. The molecule has 1 saturated carbocycles. The standard InChI is InChI=1S/C22H30N4O4/c1-30-18-7-5-6-16(14-18)15-26-21(28)25-13-10-17(8-9-19(25)24-26)23-20(27)22(29)11-3-2-4-12-22/h5-7,14,17,29H,2-4,8-13,15H2,1H3,(H,23,27). The number of hydrogen-bond acceptors (Lipinski definition) is 5. The van der Waals surface area contributed by atoms with Crippen molar-refractivity contribution < 1.29 is 14.6 Å².